The molecule has 8 nitrogen and oxygen atoms in total. The minimum absolute atomic E-state index is 0.0291. The number of carbonyl (C=O) groups is 2. The summed E-state index contributed by atoms with van der Waals surface area (Å²) in [6.07, 6.45) is 9.97. The fourth-order valence-electron chi connectivity index (χ4n) is 7.21. The average molecular weight is 591 g/mol. The summed E-state index contributed by atoms with van der Waals surface area (Å²) < 4.78 is 0. The number of piperidine rings is 3. The van der Waals surface area contributed by atoms with E-state index in [-0.39, 0.29) is 11.9 Å². The molecule has 3 aliphatic rings. The third-order valence-electron chi connectivity index (χ3n) is 9.65. The molecule has 0 unspecified atom stereocenters. The van der Waals surface area contributed by atoms with E-state index in [0.717, 1.165) is 65.8 Å². The Kier molecular flexibility index (Phi) is 9.00. The Balaban J connectivity index is 1.12. The van der Waals surface area contributed by atoms with Crippen molar-refractivity contribution in [1.29, 1.82) is 0 Å². The van der Waals surface area contributed by atoms with Gasteiger partial charge in [0.2, 0.25) is 5.91 Å². The third-order valence-corrected chi connectivity index (χ3v) is 9.90. The molecule has 3 aromatic rings. The van der Waals surface area contributed by atoms with Crippen molar-refractivity contribution < 1.29 is 9.59 Å². The van der Waals surface area contributed by atoms with E-state index in [4.69, 9.17) is 11.6 Å². The van der Waals surface area contributed by atoms with Crippen LogP contribution in [0.25, 0.3) is 10.9 Å². The SMILES string of the molecule is Cc1cc(C[C@@H](NC(=O)N2CCC(c3ccc(Cl)cc3)CC2)C(=O)N2CCC(N3CCCCC3)CC2)cc2cn[nH]c12. The van der Waals surface area contributed by atoms with E-state index in [9.17, 15) is 9.59 Å². The normalized spacial score (nSPS) is 20.1. The summed E-state index contributed by atoms with van der Waals surface area (Å²) in [6, 6.07) is 12.0. The number of benzene rings is 2. The van der Waals surface area contributed by atoms with Crippen LogP contribution in [0.5, 0.6) is 0 Å². The van der Waals surface area contributed by atoms with Crippen LogP contribution in [0, 0.1) is 6.92 Å². The molecule has 2 aromatic carbocycles. The first-order valence-electron chi connectivity index (χ1n) is 15.7. The Morgan fingerprint density at radius 3 is 2.36 bits per heavy atom. The van der Waals surface area contributed by atoms with E-state index in [0.29, 0.717) is 31.5 Å². The monoisotopic (exact) mass is 590 g/mol. The number of aromatic amines is 1. The molecule has 224 valence electrons. The van der Waals surface area contributed by atoms with Crippen LogP contribution < -0.4 is 5.32 Å². The zero-order valence-electron chi connectivity index (χ0n) is 24.7. The number of hydrogen-bond acceptors (Lipinski definition) is 4. The number of aromatic nitrogens is 2. The minimum atomic E-state index is -0.609. The second-order valence-electron chi connectivity index (χ2n) is 12.4. The summed E-state index contributed by atoms with van der Waals surface area (Å²) in [5.74, 6) is 0.441. The van der Waals surface area contributed by atoms with Crippen LogP contribution in [0.4, 0.5) is 4.79 Å². The fourth-order valence-corrected chi connectivity index (χ4v) is 7.34. The van der Waals surface area contributed by atoms with Crippen LogP contribution in [-0.4, -0.2) is 88.2 Å². The first-order chi connectivity index (χ1) is 20.4. The first-order valence-corrected chi connectivity index (χ1v) is 16.1. The summed E-state index contributed by atoms with van der Waals surface area (Å²) in [6.45, 7) is 7.25. The summed E-state index contributed by atoms with van der Waals surface area (Å²) in [5, 5.41) is 12.2. The second-order valence-corrected chi connectivity index (χ2v) is 12.9. The molecular formula is C33H43ClN6O2. The Hall–Kier alpha value is -3.10. The van der Waals surface area contributed by atoms with Gasteiger partial charge in [-0.15, -0.1) is 0 Å². The molecule has 4 heterocycles. The highest BCUT2D eigenvalue weighted by molar-refractivity contribution is 6.30. The van der Waals surface area contributed by atoms with Crippen LogP contribution in [0.15, 0.2) is 42.6 Å². The Labute approximate surface area is 253 Å². The largest absolute Gasteiger partial charge is 0.341 e. The highest BCUT2D eigenvalue weighted by atomic mass is 35.5. The number of urea groups is 1. The number of likely N-dealkylation sites (tertiary alicyclic amines) is 3. The number of H-pyrrole nitrogens is 1. The molecule has 1 aromatic heterocycles. The second kappa shape index (κ2) is 13.0. The average Bonchev–Trinajstić information content (AvgIpc) is 3.51. The number of carbonyl (C=O) groups excluding carboxylic acids is 2. The Morgan fingerprint density at radius 1 is 0.952 bits per heavy atom. The molecule has 9 heteroatoms. The lowest BCUT2D eigenvalue weighted by atomic mass is 9.89. The van der Waals surface area contributed by atoms with E-state index < -0.39 is 6.04 Å². The zero-order valence-corrected chi connectivity index (χ0v) is 25.4. The van der Waals surface area contributed by atoms with Crippen LogP contribution >= 0.6 is 11.6 Å². The van der Waals surface area contributed by atoms with E-state index in [2.05, 4.69) is 51.6 Å². The van der Waals surface area contributed by atoms with E-state index in [1.165, 1.54) is 37.9 Å². The van der Waals surface area contributed by atoms with Crippen molar-refractivity contribution in [1.82, 2.24) is 30.2 Å². The molecule has 0 bridgehead atoms. The van der Waals surface area contributed by atoms with E-state index >= 15 is 0 Å². The molecular weight excluding hydrogens is 548 g/mol. The maximum absolute atomic E-state index is 14.0. The van der Waals surface area contributed by atoms with Gasteiger partial charge in [-0.1, -0.05) is 36.2 Å². The third kappa shape index (κ3) is 6.60. The standard InChI is InChI=1S/C33H43ClN6O2/c1-23-19-24(20-27-22-35-37-31(23)27)21-30(32(41)39-17-11-29(12-18-39)38-13-3-2-4-14-38)36-33(42)40-15-9-26(10-16-40)25-5-7-28(34)8-6-25/h5-8,19-20,22,26,29-30H,2-4,9-18,21H2,1H3,(H,35,37)(H,36,42)/t30-/m1/s1. The van der Waals surface area contributed by atoms with Crippen LogP contribution in [-0.2, 0) is 11.2 Å². The lowest BCUT2D eigenvalue weighted by Crippen LogP contribution is -2.56. The van der Waals surface area contributed by atoms with Gasteiger partial charge in [0, 0.05) is 49.1 Å². The topological polar surface area (TPSA) is 84.6 Å². The molecule has 2 N–H and O–H groups in total. The van der Waals surface area contributed by atoms with Crippen molar-refractivity contribution in [2.45, 2.75) is 76.3 Å². The quantitative estimate of drug-likeness (QED) is 0.397. The van der Waals surface area contributed by atoms with Gasteiger partial charge in [-0.2, -0.15) is 5.10 Å². The number of halogens is 1. The van der Waals surface area contributed by atoms with E-state index in [1.54, 1.807) is 0 Å². The highest BCUT2D eigenvalue weighted by Crippen LogP contribution is 2.29. The van der Waals surface area contributed by atoms with Gasteiger partial charge >= 0.3 is 6.03 Å². The number of nitrogens with one attached hydrogen (secondary N) is 2. The van der Waals surface area contributed by atoms with Gasteiger partial charge < -0.3 is 20.0 Å². The lowest BCUT2D eigenvalue weighted by molar-refractivity contribution is -0.134. The molecule has 0 spiro atoms. The minimum Gasteiger partial charge on any atom is -0.341 e. The van der Waals surface area contributed by atoms with Gasteiger partial charge in [0.15, 0.2) is 0 Å². The lowest BCUT2D eigenvalue weighted by Gasteiger charge is -2.41. The van der Waals surface area contributed by atoms with Crippen molar-refractivity contribution in [3.05, 3.63) is 64.3 Å². The summed E-state index contributed by atoms with van der Waals surface area (Å²) in [5.41, 5.74) is 4.40. The molecule has 42 heavy (non-hydrogen) atoms. The number of fused-ring (bicyclic) bond motifs is 1. The van der Waals surface area contributed by atoms with Gasteiger partial charge in [-0.3, -0.25) is 9.89 Å². The van der Waals surface area contributed by atoms with Crippen LogP contribution in [0.3, 0.4) is 0 Å². The number of rotatable bonds is 6. The molecule has 3 fully saturated rings. The predicted molar refractivity (Wildman–Crippen MR) is 167 cm³/mol. The van der Waals surface area contributed by atoms with Gasteiger partial charge in [-0.05, 0) is 99.3 Å². The molecule has 6 rings (SSSR count). The summed E-state index contributed by atoms with van der Waals surface area (Å²) in [7, 11) is 0. The van der Waals surface area contributed by atoms with Gasteiger partial charge in [0.05, 0.1) is 11.7 Å². The van der Waals surface area contributed by atoms with E-state index in [1.807, 2.05) is 28.1 Å². The molecule has 3 saturated heterocycles. The van der Waals surface area contributed by atoms with Crippen molar-refractivity contribution in [3.63, 3.8) is 0 Å². The first kappa shape index (κ1) is 29.0. The summed E-state index contributed by atoms with van der Waals surface area (Å²) >= 11 is 6.08. The molecule has 0 radical (unpaired) electrons. The van der Waals surface area contributed by atoms with Crippen molar-refractivity contribution in [3.8, 4) is 0 Å². The Morgan fingerprint density at radius 2 is 1.64 bits per heavy atom. The van der Waals surface area contributed by atoms with Crippen molar-refractivity contribution >= 4 is 34.4 Å². The Bertz CT molecular complexity index is 1370. The van der Waals surface area contributed by atoms with Gasteiger partial charge in [0.25, 0.3) is 0 Å². The van der Waals surface area contributed by atoms with Crippen LogP contribution in [0.2, 0.25) is 5.02 Å². The van der Waals surface area contributed by atoms with Gasteiger partial charge in [-0.25, -0.2) is 4.79 Å². The number of amides is 3. The van der Waals surface area contributed by atoms with Crippen LogP contribution in [0.1, 0.15) is 67.6 Å². The van der Waals surface area contributed by atoms with Crippen molar-refractivity contribution in [2.75, 3.05) is 39.3 Å². The zero-order chi connectivity index (χ0) is 29.1. The number of nitrogens with zero attached hydrogens (tertiary/aromatic N) is 4. The molecule has 1 atom stereocenters. The number of hydrogen-bond donors (Lipinski definition) is 2. The smallest absolute Gasteiger partial charge is 0.318 e. The maximum Gasteiger partial charge on any atom is 0.318 e. The van der Waals surface area contributed by atoms with Gasteiger partial charge in [0.1, 0.15) is 6.04 Å². The maximum atomic E-state index is 14.0. The molecule has 3 amide bonds. The highest BCUT2D eigenvalue weighted by Gasteiger charge is 2.33. The molecule has 0 saturated carbocycles. The summed E-state index contributed by atoms with van der Waals surface area (Å²) in [4.78, 5) is 34.1. The number of aryl methyl sites for hydroxylation is 1. The predicted octanol–water partition coefficient (Wildman–Crippen LogP) is 5.50. The van der Waals surface area contributed by atoms with Crippen molar-refractivity contribution in [2.24, 2.45) is 0 Å². The molecule has 3 aliphatic heterocycles. The molecule has 0 aliphatic carbocycles. The fraction of sp³-hybridized carbons (Fsp3) is 0.545.